The first-order valence-electron chi connectivity index (χ1n) is 15.1. The van der Waals surface area contributed by atoms with Gasteiger partial charge in [0.1, 0.15) is 5.75 Å². The number of hydrogen-bond donors (Lipinski definition) is 2. The molecular weight excluding hydrogens is 672 g/mol. The Morgan fingerprint density at radius 3 is 2.33 bits per heavy atom. The van der Waals surface area contributed by atoms with Crippen LogP contribution >= 0.6 is 23.2 Å². The van der Waals surface area contributed by atoms with E-state index in [2.05, 4.69) is 10.4 Å². The number of carbonyl (C=O) groups is 4. The predicted molar refractivity (Wildman–Crippen MR) is 167 cm³/mol. The molecule has 2 aliphatic carbocycles. The van der Waals surface area contributed by atoms with E-state index in [9.17, 15) is 32.7 Å². The monoisotopic (exact) mass is 698 g/mol. The minimum Gasteiger partial charge on any atom is -0.508 e. The number of halogens is 5. The summed E-state index contributed by atoms with van der Waals surface area (Å²) in [5, 5.41) is 11.1. The Balaban J connectivity index is 1.44. The van der Waals surface area contributed by atoms with Gasteiger partial charge in [0.25, 0.3) is 11.8 Å². The Morgan fingerprint density at radius 1 is 0.979 bits per heavy atom. The van der Waals surface area contributed by atoms with Crippen LogP contribution in [-0.2, 0) is 30.8 Å². The highest BCUT2D eigenvalue weighted by Crippen LogP contribution is 2.64. The largest absolute Gasteiger partial charge is 0.508 e. The lowest BCUT2D eigenvalue weighted by Gasteiger charge is -2.50. The highest BCUT2D eigenvalue weighted by molar-refractivity contribution is 6.33. The lowest BCUT2D eigenvalue weighted by atomic mass is 9.49. The van der Waals surface area contributed by atoms with Crippen LogP contribution in [0.15, 0.2) is 66.4 Å². The predicted octanol–water partition coefficient (Wildman–Crippen LogP) is 6.04. The van der Waals surface area contributed by atoms with Crippen molar-refractivity contribution in [1.29, 1.82) is 0 Å². The number of allylic oxidation sites excluding steroid dienone is 2. The second-order valence-electron chi connectivity index (χ2n) is 12.7. The van der Waals surface area contributed by atoms with E-state index < -0.39 is 63.6 Å². The van der Waals surface area contributed by atoms with Crippen LogP contribution in [0.25, 0.3) is 0 Å². The summed E-state index contributed by atoms with van der Waals surface area (Å²) in [6, 6.07) is 12.0. The summed E-state index contributed by atoms with van der Waals surface area (Å²) in [5.41, 5.74) is 2.07. The third-order valence-electron chi connectivity index (χ3n) is 10.3. The number of pyridine rings is 1. The van der Waals surface area contributed by atoms with Crippen molar-refractivity contribution in [3.8, 4) is 5.75 Å². The van der Waals surface area contributed by atoms with Crippen LogP contribution in [-0.4, -0.2) is 50.7 Å². The van der Waals surface area contributed by atoms with E-state index in [4.69, 9.17) is 23.2 Å². The number of phenolic OH excluding ortho intramolecular Hbond substituents is 1. The fourth-order valence-corrected chi connectivity index (χ4v) is 8.51. The van der Waals surface area contributed by atoms with Gasteiger partial charge in [0.05, 0.1) is 33.8 Å². The molecule has 2 aromatic carbocycles. The second-order valence-corrected chi connectivity index (χ2v) is 13.5. The van der Waals surface area contributed by atoms with Crippen molar-refractivity contribution in [2.45, 2.75) is 37.3 Å². The molecule has 248 valence electrons. The number of amides is 4. The van der Waals surface area contributed by atoms with Crippen LogP contribution in [0.2, 0.25) is 10.0 Å². The zero-order chi connectivity index (χ0) is 34.4. The quantitative estimate of drug-likeness (QED) is 0.252. The molecule has 2 aliphatic heterocycles. The van der Waals surface area contributed by atoms with Gasteiger partial charge in [-0.1, -0.05) is 59.1 Å². The Bertz CT molecular complexity index is 1950. The summed E-state index contributed by atoms with van der Waals surface area (Å²) < 4.78 is 40.1. The minimum absolute atomic E-state index is 0.0132. The maximum Gasteiger partial charge on any atom is 0.417 e. The molecule has 0 unspecified atom stereocenters. The molecule has 4 aliphatic rings. The maximum atomic E-state index is 15.1. The second kappa shape index (κ2) is 11.1. The van der Waals surface area contributed by atoms with E-state index in [-0.39, 0.29) is 36.2 Å². The third kappa shape index (κ3) is 4.56. The number of aryl methyl sites for hydroxylation is 1. The number of aromatic nitrogens is 1. The Kier molecular flexibility index (Phi) is 7.41. The van der Waals surface area contributed by atoms with Crippen molar-refractivity contribution in [1.82, 2.24) is 14.9 Å². The number of likely N-dealkylation sites (tertiary alicyclic amines) is 1. The number of nitrogens with one attached hydrogen (secondary N) is 1. The van der Waals surface area contributed by atoms with Crippen molar-refractivity contribution in [3.63, 3.8) is 0 Å². The van der Waals surface area contributed by atoms with Gasteiger partial charge in [0.15, 0.2) is 5.82 Å². The molecule has 0 bridgehead atoms. The molecule has 2 N–H and O–H groups in total. The molecule has 9 nitrogen and oxygen atoms in total. The smallest absolute Gasteiger partial charge is 0.417 e. The highest BCUT2D eigenvalue weighted by atomic mass is 35.5. The minimum atomic E-state index is -4.73. The number of anilines is 1. The van der Waals surface area contributed by atoms with Crippen LogP contribution in [0.5, 0.6) is 5.75 Å². The molecule has 6 atom stereocenters. The molecular formula is C34H27Cl2F3N4O5. The van der Waals surface area contributed by atoms with Gasteiger partial charge in [-0.15, -0.1) is 0 Å². The lowest BCUT2D eigenvalue weighted by molar-refractivity contribution is -0.140. The van der Waals surface area contributed by atoms with Gasteiger partial charge in [0, 0.05) is 24.2 Å². The number of hydrogen-bond acceptors (Lipinski definition) is 7. The topological polar surface area (TPSA) is 120 Å². The van der Waals surface area contributed by atoms with Gasteiger partial charge in [-0.25, -0.2) is 4.98 Å². The molecule has 14 heteroatoms. The normalized spacial score (nSPS) is 28.3. The number of phenols is 1. The Labute approximate surface area is 282 Å². The zero-order valence-corrected chi connectivity index (χ0v) is 26.9. The van der Waals surface area contributed by atoms with Gasteiger partial charge >= 0.3 is 6.18 Å². The molecule has 2 saturated heterocycles. The summed E-state index contributed by atoms with van der Waals surface area (Å²) >= 11 is 12.5. The van der Waals surface area contributed by atoms with E-state index >= 15 is 4.79 Å². The molecule has 0 spiro atoms. The van der Waals surface area contributed by atoms with Crippen molar-refractivity contribution in [3.05, 3.63) is 98.7 Å². The summed E-state index contributed by atoms with van der Waals surface area (Å²) in [6.07, 6.45) is -2.03. The Hall–Kier alpha value is -4.42. The van der Waals surface area contributed by atoms with E-state index in [1.807, 2.05) is 6.08 Å². The standard InChI is InChI=1S/C34H27Cl2F3N4O5/c1-15-11-16(3-10-25(15)44)27-20-8-9-21-26(31(47)42(2)29(21)45)22(20)13-23-30(46)43(32(48)33(23,27)17-4-6-19(35)7-5-17)41-28-24(36)12-18(14-40-28)34(37,38)39/h3-8,10-12,14,21-23,26-27,44H,9,13H2,1-2H3,(H,40,41)/t21-,22+,23-,26-,27-,33+/m0/s1. The van der Waals surface area contributed by atoms with E-state index in [0.717, 1.165) is 9.91 Å². The average molecular weight is 700 g/mol. The first-order valence-corrected chi connectivity index (χ1v) is 15.9. The number of hydrazine groups is 1. The van der Waals surface area contributed by atoms with Gasteiger partial charge in [-0.05, 0) is 66.6 Å². The van der Waals surface area contributed by atoms with Crippen LogP contribution < -0.4 is 5.43 Å². The molecule has 4 amide bonds. The number of nitrogens with zero attached hydrogens (tertiary/aromatic N) is 3. The maximum absolute atomic E-state index is 15.1. The molecule has 48 heavy (non-hydrogen) atoms. The molecule has 0 radical (unpaired) electrons. The first kappa shape index (κ1) is 32.1. The molecule has 3 fully saturated rings. The molecule has 3 heterocycles. The summed E-state index contributed by atoms with van der Waals surface area (Å²) in [4.78, 5) is 61.2. The zero-order valence-electron chi connectivity index (χ0n) is 25.4. The van der Waals surface area contributed by atoms with Crippen molar-refractivity contribution >= 4 is 52.6 Å². The number of alkyl halides is 3. The highest BCUT2D eigenvalue weighted by Gasteiger charge is 2.70. The lowest BCUT2D eigenvalue weighted by Crippen LogP contribution is -2.53. The van der Waals surface area contributed by atoms with Gasteiger partial charge in [0.2, 0.25) is 11.8 Å². The molecule has 7 rings (SSSR count). The summed E-state index contributed by atoms with van der Waals surface area (Å²) in [6.45, 7) is 1.69. The number of carbonyl (C=O) groups excluding carboxylic acids is 4. The van der Waals surface area contributed by atoms with E-state index in [1.54, 1.807) is 43.3 Å². The summed E-state index contributed by atoms with van der Waals surface area (Å²) in [5.74, 6) is -6.40. The number of aromatic hydroxyl groups is 1. The SMILES string of the molecule is Cc1cc([C@H]2C3=CC[C@@H]4C(=O)N(C)C(=O)[C@@H]4[C@@H]3C[C@H]3C(=O)N(Nc4ncc(C(F)(F)F)cc4Cl)C(=O)[C@@]23c2ccc(Cl)cc2)ccc1O. The Morgan fingerprint density at radius 2 is 1.69 bits per heavy atom. The van der Waals surface area contributed by atoms with Crippen molar-refractivity contribution in [2.75, 3.05) is 12.5 Å². The fraction of sp³-hybridized carbons (Fsp3) is 0.324. The van der Waals surface area contributed by atoms with Crippen molar-refractivity contribution in [2.24, 2.45) is 23.7 Å². The van der Waals surface area contributed by atoms with Gasteiger partial charge in [-0.3, -0.25) is 29.5 Å². The fourth-order valence-electron chi connectivity index (χ4n) is 8.17. The van der Waals surface area contributed by atoms with Gasteiger partial charge in [-0.2, -0.15) is 18.2 Å². The number of benzene rings is 2. The molecule has 1 aromatic heterocycles. The first-order chi connectivity index (χ1) is 22.7. The number of imide groups is 2. The van der Waals surface area contributed by atoms with Crippen molar-refractivity contribution < 1.29 is 37.5 Å². The van der Waals surface area contributed by atoms with Crippen LogP contribution in [0.1, 0.15) is 41.0 Å². The van der Waals surface area contributed by atoms with Gasteiger partial charge < -0.3 is 5.11 Å². The van der Waals surface area contributed by atoms with Crippen LogP contribution in [0.3, 0.4) is 0 Å². The van der Waals surface area contributed by atoms with Crippen LogP contribution in [0, 0.1) is 30.6 Å². The third-order valence-corrected chi connectivity index (χ3v) is 10.9. The number of fused-ring (bicyclic) bond motifs is 4. The van der Waals surface area contributed by atoms with E-state index in [1.165, 1.54) is 13.1 Å². The van der Waals surface area contributed by atoms with Crippen LogP contribution in [0.4, 0.5) is 19.0 Å². The summed E-state index contributed by atoms with van der Waals surface area (Å²) in [7, 11) is 1.43. The average Bonchev–Trinajstić information content (AvgIpc) is 3.39. The molecule has 1 saturated carbocycles. The number of rotatable bonds is 4. The van der Waals surface area contributed by atoms with E-state index in [0.29, 0.717) is 39.5 Å². The molecule has 3 aromatic rings.